The Morgan fingerprint density at radius 3 is 2.73 bits per heavy atom. The van der Waals surface area contributed by atoms with Crippen LogP contribution < -0.4 is 4.72 Å². The third-order valence-electron chi connectivity index (χ3n) is 3.38. The molecule has 0 bridgehead atoms. The number of sulfonamides is 1. The van der Waals surface area contributed by atoms with Crippen LogP contribution in [0.1, 0.15) is 24.2 Å². The fourth-order valence-electron chi connectivity index (χ4n) is 2.29. The van der Waals surface area contributed by atoms with Gasteiger partial charge in [0.05, 0.1) is 35.7 Å². The van der Waals surface area contributed by atoms with Gasteiger partial charge >= 0.3 is 0 Å². The van der Waals surface area contributed by atoms with Crippen molar-refractivity contribution in [1.29, 1.82) is 0 Å². The van der Waals surface area contributed by atoms with E-state index in [2.05, 4.69) is 4.72 Å². The highest BCUT2D eigenvalue weighted by molar-refractivity contribution is 7.92. The maximum atomic E-state index is 12.6. The summed E-state index contributed by atoms with van der Waals surface area (Å²) in [4.78, 5) is 14.4. The minimum Gasteiger partial charge on any atom is -0.375 e. The van der Waals surface area contributed by atoms with Gasteiger partial charge in [-0.3, -0.25) is 9.52 Å². The summed E-state index contributed by atoms with van der Waals surface area (Å²) in [6, 6.07) is 4.52. The molecule has 6 nitrogen and oxygen atoms in total. The summed E-state index contributed by atoms with van der Waals surface area (Å²) >= 11 is 5.97. The van der Waals surface area contributed by atoms with Gasteiger partial charge in [-0.1, -0.05) is 11.6 Å². The summed E-state index contributed by atoms with van der Waals surface area (Å²) in [6.45, 7) is 4.80. The molecule has 2 rings (SSSR count). The standard InChI is InChI=1S/C14H19ClN2O4S/c1-9-8-21-10(2)7-17(9)14(18)11-4-5-12(15)13(6-11)16-22(3,19)20/h4-6,9-10,16H,7-8H2,1-3H3/t9-,10+/m1/s1. The number of nitrogens with zero attached hydrogens (tertiary/aromatic N) is 1. The van der Waals surface area contributed by atoms with Gasteiger partial charge < -0.3 is 9.64 Å². The van der Waals surface area contributed by atoms with Gasteiger partial charge in [0.1, 0.15) is 0 Å². The van der Waals surface area contributed by atoms with Gasteiger partial charge in [0, 0.05) is 12.1 Å². The topological polar surface area (TPSA) is 75.7 Å². The Kier molecular flexibility index (Phi) is 4.99. The van der Waals surface area contributed by atoms with Crippen LogP contribution in [0.2, 0.25) is 5.02 Å². The van der Waals surface area contributed by atoms with E-state index in [0.717, 1.165) is 6.26 Å². The first-order valence-corrected chi connectivity index (χ1v) is 9.14. The lowest BCUT2D eigenvalue weighted by molar-refractivity contribution is -0.0387. The number of anilines is 1. The average molecular weight is 347 g/mol. The SMILES string of the molecule is C[C@@H]1CO[C@@H](C)CN1C(=O)c1ccc(Cl)c(NS(C)(=O)=O)c1. The molecule has 122 valence electrons. The van der Waals surface area contributed by atoms with Crippen LogP contribution in [0.4, 0.5) is 5.69 Å². The number of morpholine rings is 1. The molecule has 1 amide bonds. The minimum absolute atomic E-state index is 0.0268. The number of benzene rings is 1. The number of ether oxygens (including phenoxy) is 1. The number of hydrogen-bond acceptors (Lipinski definition) is 4. The lowest BCUT2D eigenvalue weighted by Crippen LogP contribution is -2.50. The van der Waals surface area contributed by atoms with Gasteiger partial charge in [-0.25, -0.2) is 8.42 Å². The van der Waals surface area contributed by atoms with Crippen LogP contribution in [-0.4, -0.2) is 50.8 Å². The van der Waals surface area contributed by atoms with Crippen molar-refractivity contribution in [1.82, 2.24) is 4.90 Å². The Hall–Kier alpha value is -1.31. The van der Waals surface area contributed by atoms with E-state index in [1.165, 1.54) is 12.1 Å². The van der Waals surface area contributed by atoms with Gasteiger partial charge in [-0.05, 0) is 32.0 Å². The number of rotatable bonds is 3. The summed E-state index contributed by atoms with van der Waals surface area (Å²) in [6.07, 6.45) is 1.00. The second-order valence-corrected chi connectivity index (χ2v) is 7.67. The van der Waals surface area contributed by atoms with E-state index in [4.69, 9.17) is 16.3 Å². The molecule has 0 aromatic heterocycles. The lowest BCUT2D eigenvalue weighted by atomic mass is 10.1. The van der Waals surface area contributed by atoms with E-state index in [9.17, 15) is 13.2 Å². The molecule has 0 saturated carbocycles. The van der Waals surface area contributed by atoms with E-state index in [-0.39, 0.29) is 28.8 Å². The maximum Gasteiger partial charge on any atom is 0.254 e. The molecule has 2 atom stereocenters. The molecule has 1 saturated heterocycles. The number of amides is 1. The number of nitrogens with one attached hydrogen (secondary N) is 1. The smallest absolute Gasteiger partial charge is 0.254 e. The fraction of sp³-hybridized carbons (Fsp3) is 0.500. The summed E-state index contributed by atoms with van der Waals surface area (Å²) in [5.41, 5.74) is 0.584. The van der Waals surface area contributed by atoms with Crippen molar-refractivity contribution in [2.75, 3.05) is 24.1 Å². The Labute approximate surface area is 135 Å². The van der Waals surface area contributed by atoms with E-state index < -0.39 is 10.0 Å². The van der Waals surface area contributed by atoms with Gasteiger partial charge in [0.2, 0.25) is 10.0 Å². The number of hydrogen-bond donors (Lipinski definition) is 1. The van der Waals surface area contributed by atoms with Crippen molar-refractivity contribution in [2.45, 2.75) is 26.0 Å². The van der Waals surface area contributed by atoms with Crippen LogP contribution >= 0.6 is 11.6 Å². The molecule has 1 heterocycles. The summed E-state index contributed by atoms with van der Waals surface area (Å²) in [7, 11) is -3.47. The van der Waals surface area contributed by atoms with Crippen molar-refractivity contribution in [2.24, 2.45) is 0 Å². The first kappa shape index (κ1) is 17.1. The molecule has 1 aliphatic rings. The molecule has 1 aromatic rings. The largest absolute Gasteiger partial charge is 0.375 e. The van der Waals surface area contributed by atoms with Crippen LogP contribution in [0, 0.1) is 0 Å². The molecular formula is C14H19ClN2O4S. The molecule has 1 aliphatic heterocycles. The molecule has 0 radical (unpaired) electrons. The Balaban J connectivity index is 2.28. The Morgan fingerprint density at radius 2 is 2.09 bits per heavy atom. The normalized spacial score (nSPS) is 22.5. The highest BCUT2D eigenvalue weighted by atomic mass is 35.5. The summed E-state index contributed by atoms with van der Waals surface area (Å²) < 4.78 is 30.5. The molecule has 0 unspecified atom stereocenters. The number of carbonyl (C=O) groups excluding carboxylic acids is 1. The first-order chi connectivity index (χ1) is 10.2. The third kappa shape index (κ3) is 4.12. The number of carbonyl (C=O) groups is 1. The van der Waals surface area contributed by atoms with Gasteiger partial charge in [0.15, 0.2) is 0 Å². The van der Waals surface area contributed by atoms with E-state index in [1.807, 2.05) is 13.8 Å². The van der Waals surface area contributed by atoms with Crippen LogP contribution in [-0.2, 0) is 14.8 Å². The summed E-state index contributed by atoms with van der Waals surface area (Å²) in [5.74, 6) is -0.170. The van der Waals surface area contributed by atoms with Gasteiger partial charge in [0.25, 0.3) is 5.91 Å². The second kappa shape index (κ2) is 6.44. The van der Waals surface area contributed by atoms with Crippen LogP contribution in [0.25, 0.3) is 0 Å². The molecule has 22 heavy (non-hydrogen) atoms. The molecule has 1 fully saturated rings. The predicted octanol–water partition coefficient (Wildman–Crippen LogP) is 1.96. The van der Waals surface area contributed by atoms with Gasteiger partial charge in [-0.2, -0.15) is 0 Å². The quantitative estimate of drug-likeness (QED) is 0.907. The molecule has 8 heteroatoms. The van der Waals surface area contributed by atoms with Crippen LogP contribution in [0.3, 0.4) is 0 Å². The fourth-order valence-corrected chi connectivity index (χ4v) is 3.08. The Morgan fingerprint density at radius 1 is 1.41 bits per heavy atom. The van der Waals surface area contributed by atoms with E-state index in [0.29, 0.717) is 18.7 Å². The van der Waals surface area contributed by atoms with Crippen LogP contribution in [0.15, 0.2) is 18.2 Å². The van der Waals surface area contributed by atoms with Crippen molar-refractivity contribution in [3.05, 3.63) is 28.8 Å². The van der Waals surface area contributed by atoms with Crippen molar-refractivity contribution >= 4 is 33.2 Å². The summed E-state index contributed by atoms with van der Waals surface area (Å²) in [5, 5.41) is 0.241. The van der Waals surface area contributed by atoms with Crippen LogP contribution in [0.5, 0.6) is 0 Å². The lowest BCUT2D eigenvalue weighted by Gasteiger charge is -2.36. The third-order valence-corrected chi connectivity index (χ3v) is 4.30. The van der Waals surface area contributed by atoms with Crippen molar-refractivity contribution < 1.29 is 17.9 Å². The highest BCUT2D eigenvalue weighted by Crippen LogP contribution is 2.25. The van der Waals surface area contributed by atoms with Gasteiger partial charge in [-0.15, -0.1) is 0 Å². The molecule has 0 spiro atoms. The van der Waals surface area contributed by atoms with E-state index >= 15 is 0 Å². The Bertz CT molecular complexity index is 677. The molecule has 1 aromatic carbocycles. The molecular weight excluding hydrogens is 328 g/mol. The highest BCUT2D eigenvalue weighted by Gasteiger charge is 2.28. The number of halogens is 1. The minimum atomic E-state index is -3.47. The molecule has 0 aliphatic carbocycles. The second-order valence-electron chi connectivity index (χ2n) is 5.52. The molecule has 1 N–H and O–H groups in total. The monoisotopic (exact) mass is 346 g/mol. The zero-order valence-electron chi connectivity index (χ0n) is 12.7. The zero-order valence-corrected chi connectivity index (χ0v) is 14.2. The first-order valence-electron chi connectivity index (χ1n) is 6.87. The average Bonchev–Trinajstić information content (AvgIpc) is 2.42. The van der Waals surface area contributed by atoms with E-state index in [1.54, 1.807) is 11.0 Å². The zero-order chi connectivity index (χ0) is 16.5. The van der Waals surface area contributed by atoms with Crippen molar-refractivity contribution in [3.63, 3.8) is 0 Å². The predicted molar refractivity (Wildman–Crippen MR) is 85.8 cm³/mol. The maximum absolute atomic E-state index is 12.6. The van der Waals surface area contributed by atoms with Crippen molar-refractivity contribution in [3.8, 4) is 0 Å².